The second-order valence-corrected chi connectivity index (χ2v) is 13.2. The molecule has 1 fully saturated rings. The van der Waals surface area contributed by atoms with Crippen molar-refractivity contribution in [3.05, 3.63) is 109 Å². The lowest BCUT2D eigenvalue weighted by atomic mass is 9.87. The van der Waals surface area contributed by atoms with E-state index in [1.54, 1.807) is 12.1 Å². The minimum Gasteiger partial charge on any atom is -0.324 e. The standard InChI is InChI=1S/C31H23N3O4S3/c1-17-11-13-19(14-12-17)34-28(36)25-24(22-10-5-15-39-22)27-30(40-26(25)29(34)37)33(31(38)41-27)16-23(35)32-21-9-4-7-18-6-2-3-8-20(18)21/h2-15,24-26H,16H2,1H3,(H,32,35). The third-order valence-corrected chi connectivity index (χ3v) is 11.1. The Hall–Kier alpha value is -3.99. The fourth-order valence-electron chi connectivity index (χ4n) is 5.65. The van der Waals surface area contributed by atoms with Gasteiger partial charge in [-0.2, -0.15) is 0 Å². The summed E-state index contributed by atoms with van der Waals surface area (Å²) in [4.78, 5) is 56.9. The number of aromatic nitrogens is 1. The summed E-state index contributed by atoms with van der Waals surface area (Å²) < 4.78 is 1.45. The van der Waals surface area contributed by atoms with Crippen LogP contribution in [-0.4, -0.2) is 27.5 Å². The summed E-state index contributed by atoms with van der Waals surface area (Å²) in [6, 6.07) is 24.6. The van der Waals surface area contributed by atoms with Crippen LogP contribution in [0.4, 0.5) is 11.4 Å². The molecule has 2 aliphatic heterocycles. The molecule has 0 spiro atoms. The number of nitrogens with one attached hydrogen (secondary N) is 1. The number of fused-ring (bicyclic) bond motifs is 3. The topological polar surface area (TPSA) is 88.5 Å². The number of thioether (sulfide) groups is 1. The van der Waals surface area contributed by atoms with Crippen molar-refractivity contribution in [1.29, 1.82) is 0 Å². The molecule has 3 unspecified atom stereocenters. The quantitative estimate of drug-likeness (QED) is 0.256. The number of thiophene rings is 1. The first-order valence-corrected chi connectivity index (χ1v) is 15.6. The molecule has 1 N–H and O–H groups in total. The molecule has 204 valence electrons. The van der Waals surface area contributed by atoms with E-state index in [0.29, 0.717) is 16.4 Å². The van der Waals surface area contributed by atoms with Gasteiger partial charge < -0.3 is 5.32 Å². The van der Waals surface area contributed by atoms with E-state index in [4.69, 9.17) is 0 Å². The molecule has 5 aromatic rings. The Bertz CT molecular complexity index is 1890. The smallest absolute Gasteiger partial charge is 0.308 e. The van der Waals surface area contributed by atoms with Crippen LogP contribution in [0.5, 0.6) is 0 Å². The molecule has 1 saturated heterocycles. The number of anilines is 2. The Morgan fingerprint density at radius 1 is 0.902 bits per heavy atom. The van der Waals surface area contributed by atoms with Crippen LogP contribution in [0.3, 0.4) is 0 Å². The fourth-order valence-corrected chi connectivity index (χ4v) is 9.37. The maximum atomic E-state index is 13.9. The van der Waals surface area contributed by atoms with Gasteiger partial charge in [0, 0.05) is 26.7 Å². The molecule has 3 amide bonds. The van der Waals surface area contributed by atoms with Gasteiger partial charge in [0.1, 0.15) is 11.8 Å². The van der Waals surface area contributed by atoms with Crippen LogP contribution >= 0.6 is 34.4 Å². The average Bonchev–Trinajstić information content (AvgIpc) is 3.67. The molecular weight excluding hydrogens is 575 g/mol. The molecule has 3 atom stereocenters. The summed E-state index contributed by atoms with van der Waals surface area (Å²) in [5.41, 5.74) is 2.24. The van der Waals surface area contributed by atoms with Crippen molar-refractivity contribution in [3.8, 4) is 0 Å². The fraction of sp³-hybridized carbons (Fsp3) is 0.161. The summed E-state index contributed by atoms with van der Waals surface area (Å²) in [5, 5.41) is 6.68. The Balaban J connectivity index is 1.25. The Morgan fingerprint density at radius 2 is 1.68 bits per heavy atom. The average molecular weight is 598 g/mol. The van der Waals surface area contributed by atoms with E-state index in [1.807, 2.05) is 79.0 Å². The number of nitrogens with zero attached hydrogens (tertiary/aromatic N) is 2. The molecule has 3 aromatic carbocycles. The molecule has 7 nitrogen and oxygen atoms in total. The molecule has 0 radical (unpaired) electrons. The Labute approximate surface area is 247 Å². The first kappa shape index (κ1) is 25.9. The minimum atomic E-state index is -0.704. The van der Waals surface area contributed by atoms with Crippen LogP contribution in [-0.2, 0) is 20.9 Å². The predicted molar refractivity (Wildman–Crippen MR) is 164 cm³/mol. The van der Waals surface area contributed by atoms with Crippen LogP contribution in [0.15, 0.2) is 94.1 Å². The van der Waals surface area contributed by atoms with Crippen LogP contribution < -0.4 is 15.1 Å². The monoisotopic (exact) mass is 597 g/mol. The van der Waals surface area contributed by atoms with Crippen molar-refractivity contribution >= 4 is 74.3 Å². The predicted octanol–water partition coefficient (Wildman–Crippen LogP) is 5.87. The van der Waals surface area contributed by atoms with Gasteiger partial charge in [0.25, 0.3) is 0 Å². The van der Waals surface area contributed by atoms with Crippen molar-refractivity contribution < 1.29 is 14.4 Å². The highest BCUT2D eigenvalue weighted by atomic mass is 32.2. The highest BCUT2D eigenvalue weighted by Crippen LogP contribution is 2.54. The SMILES string of the molecule is Cc1ccc(N2C(=O)C3Sc4c(sc(=O)n4CC(=O)Nc4cccc5ccccc45)C(c4cccs4)C3C2=O)cc1. The molecule has 0 bridgehead atoms. The van der Waals surface area contributed by atoms with Crippen LogP contribution in [0.2, 0.25) is 0 Å². The molecular formula is C31H23N3O4S3. The number of hydrogen-bond donors (Lipinski definition) is 1. The van der Waals surface area contributed by atoms with E-state index in [2.05, 4.69) is 5.32 Å². The van der Waals surface area contributed by atoms with E-state index in [0.717, 1.165) is 37.4 Å². The second kappa shape index (κ2) is 10.1. The van der Waals surface area contributed by atoms with Gasteiger partial charge in [0.2, 0.25) is 17.7 Å². The zero-order chi connectivity index (χ0) is 28.2. The summed E-state index contributed by atoms with van der Waals surface area (Å²) in [6.45, 7) is 1.76. The second-order valence-electron chi connectivity index (χ2n) is 10.1. The van der Waals surface area contributed by atoms with Crippen molar-refractivity contribution in [3.63, 3.8) is 0 Å². The third kappa shape index (κ3) is 4.34. The minimum absolute atomic E-state index is 0.195. The highest BCUT2D eigenvalue weighted by Gasteiger charge is 2.57. The van der Waals surface area contributed by atoms with Gasteiger partial charge >= 0.3 is 4.87 Å². The lowest BCUT2D eigenvalue weighted by Crippen LogP contribution is -2.32. The van der Waals surface area contributed by atoms with Gasteiger partial charge in [-0.05, 0) is 42.0 Å². The molecule has 4 heterocycles. The Morgan fingerprint density at radius 3 is 2.46 bits per heavy atom. The first-order valence-electron chi connectivity index (χ1n) is 13.1. The molecule has 41 heavy (non-hydrogen) atoms. The number of hydrogen-bond acceptors (Lipinski definition) is 7. The maximum Gasteiger partial charge on any atom is 0.308 e. The van der Waals surface area contributed by atoms with Crippen LogP contribution in [0.1, 0.15) is 21.2 Å². The number of aryl methyl sites for hydroxylation is 1. The number of carbonyl (C=O) groups excluding carboxylic acids is 3. The third-order valence-electron chi connectivity index (χ3n) is 7.56. The van der Waals surface area contributed by atoms with Gasteiger partial charge in [-0.25, -0.2) is 4.90 Å². The summed E-state index contributed by atoms with van der Waals surface area (Å²) in [5.74, 6) is -1.98. The van der Waals surface area contributed by atoms with Crippen molar-refractivity contribution in [2.75, 3.05) is 10.2 Å². The van der Waals surface area contributed by atoms with Crippen LogP contribution in [0, 0.1) is 12.8 Å². The summed E-state index contributed by atoms with van der Waals surface area (Å²) in [7, 11) is 0. The molecule has 7 rings (SSSR count). The van der Waals surface area contributed by atoms with Crippen molar-refractivity contribution in [2.45, 2.75) is 29.7 Å². The maximum absolute atomic E-state index is 13.9. The first-order chi connectivity index (χ1) is 19.9. The molecule has 2 aromatic heterocycles. The lowest BCUT2D eigenvalue weighted by Gasteiger charge is -2.29. The highest BCUT2D eigenvalue weighted by molar-refractivity contribution is 8.00. The van der Waals surface area contributed by atoms with E-state index < -0.39 is 17.1 Å². The molecule has 2 aliphatic rings. The number of rotatable bonds is 5. The summed E-state index contributed by atoms with van der Waals surface area (Å²) in [6.07, 6.45) is 0. The van der Waals surface area contributed by atoms with Crippen molar-refractivity contribution in [1.82, 2.24) is 4.57 Å². The van der Waals surface area contributed by atoms with E-state index in [9.17, 15) is 19.2 Å². The van der Waals surface area contributed by atoms with Gasteiger partial charge in [0.05, 0.1) is 16.6 Å². The zero-order valence-electron chi connectivity index (χ0n) is 21.8. The van der Waals surface area contributed by atoms with Gasteiger partial charge in [-0.15, -0.1) is 11.3 Å². The lowest BCUT2D eigenvalue weighted by molar-refractivity contribution is -0.122. The van der Waals surface area contributed by atoms with E-state index in [-0.39, 0.29) is 29.1 Å². The zero-order valence-corrected chi connectivity index (χ0v) is 24.2. The molecule has 0 saturated carbocycles. The van der Waals surface area contributed by atoms with Gasteiger partial charge in [-0.3, -0.25) is 23.7 Å². The number of benzene rings is 3. The number of amides is 3. The Kier molecular flexibility index (Phi) is 6.41. The van der Waals surface area contributed by atoms with Crippen molar-refractivity contribution in [2.24, 2.45) is 5.92 Å². The molecule has 10 heteroatoms. The van der Waals surface area contributed by atoms with E-state index in [1.165, 1.54) is 32.6 Å². The van der Waals surface area contributed by atoms with Gasteiger partial charge in [-0.1, -0.05) is 83.3 Å². The number of thiazole rings is 1. The van der Waals surface area contributed by atoms with E-state index >= 15 is 0 Å². The number of imide groups is 1. The normalized spacial score (nSPS) is 19.8. The molecule has 0 aliphatic carbocycles. The summed E-state index contributed by atoms with van der Waals surface area (Å²) >= 11 is 3.78. The van der Waals surface area contributed by atoms with Crippen LogP contribution in [0.25, 0.3) is 10.8 Å². The number of carbonyl (C=O) groups is 3. The largest absolute Gasteiger partial charge is 0.324 e. The van der Waals surface area contributed by atoms with Gasteiger partial charge in [0.15, 0.2) is 0 Å².